The van der Waals surface area contributed by atoms with Crippen molar-refractivity contribution in [1.29, 1.82) is 0 Å². The zero-order chi connectivity index (χ0) is 17.9. The van der Waals surface area contributed by atoms with Crippen LogP contribution in [0.2, 0.25) is 0 Å². The fourth-order valence-corrected chi connectivity index (χ4v) is 3.40. The molecule has 0 spiro atoms. The molecule has 0 bridgehead atoms. The number of carbonyl (C=O) groups excluding carboxylic acids is 2. The first-order valence-electron chi connectivity index (χ1n) is 7.45. The molecule has 0 aliphatic carbocycles. The summed E-state index contributed by atoms with van der Waals surface area (Å²) < 4.78 is 11.5. The van der Waals surface area contributed by atoms with Gasteiger partial charge < -0.3 is 9.79 Å². The van der Waals surface area contributed by atoms with Crippen molar-refractivity contribution in [3.8, 4) is 0 Å². The predicted molar refractivity (Wildman–Crippen MR) is 91.4 cm³/mol. The first kappa shape index (κ1) is 18.3. The van der Waals surface area contributed by atoms with E-state index >= 15 is 0 Å². The van der Waals surface area contributed by atoms with E-state index in [0.717, 1.165) is 0 Å². The Kier molecular flexibility index (Phi) is 5.50. The van der Waals surface area contributed by atoms with E-state index in [9.17, 15) is 23.9 Å². The highest BCUT2D eigenvalue weighted by Gasteiger charge is 2.35. The van der Waals surface area contributed by atoms with Crippen molar-refractivity contribution in [3.05, 3.63) is 70.8 Å². The molecule has 2 aromatic rings. The van der Waals surface area contributed by atoms with Gasteiger partial charge in [0.25, 0.3) is 0 Å². The number of ketones is 2. The summed E-state index contributed by atoms with van der Waals surface area (Å²) >= 11 is 0. The van der Waals surface area contributed by atoms with Crippen molar-refractivity contribution in [2.24, 2.45) is 5.92 Å². The summed E-state index contributed by atoms with van der Waals surface area (Å²) in [6.45, 7) is 3.44. The summed E-state index contributed by atoms with van der Waals surface area (Å²) in [5.74, 6) is -2.54. The van der Waals surface area contributed by atoms with Gasteiger partial charge in [-0.15, -0.1) is 0 Å². The Morgan fingerprint density at radius 1 is 0.875 bits per heavy atom. The third kappa shape index (κ3) is 4.26. The number of aryl methyl sites for hydroxylation is 2. The second-order valence-corrected chi connectivity index (χ2v) is 7.45. The number of benzene rings is 2. The lowest BCUT2D eigenvalue weighted by Crippen LogP contribution is -2.29. The smallest absolute Gasteiger partial charge is 0.324 e. The van der Waals surface area contributed by atoms with Crippen LogP contribution in [0.5, 0.6) is 0 Å². The van der Waals surface area contributed by atoms with Crippen LogP contribution in [0.3, 0.4) is 0 Å². The number of Topliss-reactive ketones (excluding diaryl/α,β-unsaturated/α-hetero) is 2. The molecule has 0 atom stereocenters. The average Bonchev–Trinajstić information content (AvgIpc) is 2.51. The Morgan fingerprint density at radius 2 is 1.25 bits per heavy atom. The maximum atomic E-state index is 12.8. The molecule has 2 aromatic carbocycles. The van der Waals surface area contributed by atoms with Crippen LogP contribution >= 0.6 is 7.60 Å². The summed E-state index contributed by atoms with van der Waals surface area (Å²) in [7, 11) is -4.54. The van der Waals surface area contributed by atoms with Crippen LogP contribution in [0.15, 0.2) is 48.5 Å². The summed E-state index contributed by atoms with van der Waals surface area (Å²) in [6, 6.07) is 13.4. The van der Waals surface area contributed by atoms with Crippen LogP contribution in [-0.4, -0.2) is 27.5 Å². The van der Waals surface area contributed by atoms with E-state index in [1.54, 1.807) is 62.4 Å². The van der Waals surface area contributed by atoms with Gasteiger partial charge in [0.1, 0.15) is 0 Å². The highest BCUT2D eigenvalue weighted by Crippen LogP contribution is 2.39. The summed E-state index contributed by atoms with van der Waals surface area (Å²) in [4.78, 5) is 44.3. The van der Waals surface area contributed by atoms with Gasteiger partial charge in [0.15, 0.2) is 11.6 Å². The minimum atomic E-state index is -4.54. The third-order valence-electron chi connectivity index (χ3n) is 3.87. The van der Waals surface area contributed by atoms with E-state index in [-0.39, 0.29) is 0 Å². The van der Waals surface area contributed by atoms with Crippen LogP contribution in [-0.2, 0) is 4.57 Å². The molecule has 2 N–H and O–H groups in total. The highest BCUT2D eigenvalue weighted by atomic mass is 31.2. The van der Waals surface area contributed by atoms with E-state index in [1.165, 1.54) is 0 Å². The number of hydrogen-bond acceptors (Lipinski definition) is 3. The molecule has 0 unspecified atom stereocenters. The Morgan fingerprint density at radius 3 is 1.58 bits per heavy atom. The van der Waals surface area contributed by atoms with Crippen molar-refractivity contribution in [2.75, 3.05) is 6.16 Å². The predicted octanol–water partition coefficient (Wildman–Crippen LogP) is 3.16. The molecule has 0 saturated heterocycles. The molecule has 0 aliphatic rings. The Hall–Kier alpha value is -2.07. The van der Waals surface area contributed by atoms with Crippen molar-refractivity contribution in [2.45, 2.75) is 13.8 Å². The molecule has 0 fully saturated rings. The fourth-order valence-electron chi connectivity index (χ4n) is 2.60. The zero-order valence-corrected chi connectivity index (χ0v) is 14.4. The molecule has 5 nitrogen and oxygen atoms in total. The standard InChI is InChI=1S/C18H19O5P/c1-12-7-3-5-9-14(12)17(19)16(11-24(21,22)23)18(20)15-10-6-4-8-13(15)2/h3-10,16H,11H2,1-2H3,(H2,21,22,23). The first-order valence-corrected chi connectivity index (χ1v) is 9.24. The number of hydrogen-bond donors (Lipinski definition) is 2. The minimum absolute atomic E-state index is 0.304. The van der Waals surface area contributed by atoms with Crippen molar-refractivity contribution in [1.82, 2.24) is 0 Å². The van der Waals surface area contributed by atoms with Crippen LogP contribution in [0.25, 0.3) is 0 Å². The Balaban J connectivity index is 2.48. The molecule has 24 heavy (non-hydrogen) atoms. The normalized spacial score (nSPS) is 11.5. The lowest BCUT2D eigenvalue weighted by Gasteiger charge is -2.18. The van der Waals surface area contributed by atoms with Crippen LogP contribution in [0.1, 0.15) is 31.8 Å². The molecule has 0 aromatic heterocycles. The van der Waals surface area contributed by atoms with E-state index in [2.05, 4.69) is 0 Å². The largest absolute Gasteiger partial charge is 0.326 e. The molecular formula is C18H19O5P. The van der Waals surface area contributed by atoms with Gasteiger partial charge in [0.05, 0.1) is 12.1 Å². The SMILES string of the molecule is Cc1ccccc1C(=O)C(CP(=O)(O)O)C(=O)c1ccccc1C. The van der Waals surface area contributed by atoms with Gasteiger partial charge in [0.2, 0.25) is 0 Å². The first-order chi connectivity index (χ1) is 11.2. The number of carbonyl (C=O) groups is 2. The molecule has 0 heterocycles. The van der Waals surface area contributed by atoms with Crippen molar-refractivity contribution < 1.29 is 23.9 Å². The maximum absolute atomic E-state index is 12.8. The van der Waals surface area contributed by atoms with Crippen molar-refractivity contribution >= 4 is 19.2 Å². The van der Waals surface area contributed by atoms with Gasteiger partial charge in [-0.2, -0.15) is 0 Å². The molecule has 126 valence electrons. The molecule has 0 aliphatic heterocycles. The van der Waals surface area contributed by atoms with E-state index in [4.69, 9.17) is 0 Å². The van der Waals surface area contributed by atoms with Gasteiger partial charge in [-0.25, -0.2) is 0 Å². The second kappa shape index (κ2) is 7.22. The fraction of sp³-hybridized carbons (Fsp3) is 0.222. The summed E-state index contributed by atoms with van der Waals surface area (Å²) in [5, 5.41) is 0. The van der Waals surface area contributed by atoms with Crippen LogP contribution in [0.4, 0.5) is 0 Å². The monoisotopic (exact) mass is 346 g/mol. The molecule has 0 amide bonds. The van der Waals surface area contributed by atoms with E-state index < -0.39 is 31.2 Å². The maximum Gasteiger partial charge on any atom is 0.326 e. The topological polar surface area (TPSA) is 91.7 Å². The molecule has 0 radical (unpaired) electrons. The third-order valence-corrected chi connectivity index (χ3v) is 4.72. The van der Waals surface area contributed by atoms with Crippen LogP contribution in [0, 0.1) is 19.8 Å². The highest BCUT2D eigenvalue weighted by molar-refractivity contribution is 7.51. The molecule has 6 heteroatoms. The summed E-state index contributed by atoms with van der Waals surface area (Å²) in [6.07, 6.45) is -0.798. The van der Waals surface area contributed by atoms with Gasteiger partial charge in [0, 0.05) is 11.1 Å². The van der Waals surface area contributed by atoms with E-state index in [1.807, 2.05) is 0 Å². The van der Waals surface area contributed by atoms with Gasteiger partial charge in [-0.05, 0) is 25.0 Å². The molecule has 0 saturated carbocycles. The number of rotatable bonds is 6. The lowest BCUT2D eigenvalue weighted by atomic mass is 9.88. The van der Waals surface area contributed by atoms with Crippen LogP contribution < -0.4 is 0 Å². The minimum Gasteiger partial charge on any atom is -0.324 e. The lowest BCUT2D eigenvalue weighted by molar-refractivity contribution is 0.0817. The Bertz CT molecular complexity index is 764. The quantitative estimate of drug-likeness (QED) is 0.476. The van der Waals surface area contributed by atoms with Gasteiger partial charge >= 0.3 is 7.60 Å². The molecular weight excluding hydrogens is 327 g/mol. The van der Waals surface area contributed by atoms with Gasteiger partial charge in [-0.1, -0.05) is 48.5 Å². The second-order valence-electron chi connectivity index (χ2n) is 5.76. The Labute approximate surface area is 140 Å². The van der Waals surface area contributed by atoms with Gasteiger partial charge in [-0.3, -0.25) is 14.2 Å². The molecule has 2 rings (SSSR count). The summed E-state index contributed by atoms with van der Waals surface area (Å²) in [5.41, 5.74) is 1.93. The zero-order valence-electron chi connectivity index (χ0n) is 13.5. The van der Waals surface area contributed by atoms with Crippen molar-refractivity contribution in [3.63, 3.8) is 0 Å². The van der Waals surface area contributed by atoms with E-state index in [0.29, 0.717) is 22.3 Å². The average molecular weight is 346 g/mol.